The molecule has 0 aliphatic carbocycles. The molecule has 0 amide bonds. The first-order chi connectivity index (χ1) is 2.56. The Hall–Kier alpha value is 1.16. The van der Waals surface area contributed by atoms with E-state index in [0.29, 0.717) is 0 Å². The van der Waals surface area contributed by atoms with E-state index >= 15 is 0 Å². The van der Waals surface area contributed by atoms with E-state index in [4.69, 9.17) is 14.4 Å². The van der Waals surface area contributed by atoms with Crippen LogP contribution in [0.25, 0.3) is 0 Å². The van der Waals surface area contributed by atoms with Gasteiger partial charge >= 0.3 is 26.7 Å². The normalized spacial score (nSPS) is 8.88. The van der Waals surface area contributed by atoms with Gasteiger partial charge in [-0.1, -0.05) is 4.73 Å². The van der Waals surface area contributed by atoms with Crippen molar-refractivity contribution in [2.45, 2.75) is 0 Å². The van der Waals surface area contributed by atoms with Gasteiger partial charge in [-0.25, -0.2) is 4.57 Å². The average molecular weight is 179 g/mol. The van der Waals surface area contributed by atoms with E-state index in [9.17, 15) is 4.53 Å². The van der Waals surface area contributed by atoms with Crippen molar-refractivity contribution < 1.29 is 40.7 Å². The molecule has 0 aliphatic heterocycles. The number of rotatable bonds is 1. The van der Waals surface area contributed by atoms with Crippen LogP contribution in [-0.2, 0) is 26.4 Å². The Labute approximate surface area is 67.6 Å². The fraction of sp³-hybridized carbons (Fsp3) is 0. The van der Waals surface area contributed by atoms with Gasteiger partial charge in [0, 0.05) is 17.1 Å². The summed E-state index contributed by atoms with van der Waals surface area (Å²) in [6.45, 7) is 0. The van der Waals surface area contributed by atoms with Crippen LogP contribution in [-0.4, -0.2) is 28.6 Å². The molecule has 4 nitrogen and oxygen atoms in total. The van der Waals surface area contributed by atoms with E-state index in [2.05, 4.69) is 4.73 Å². The molecular weight excluding hydrogens is 176 g/mol. The Morgan fingerprint density at radius 2 is 1.62 bits per heavy atom. The van der Waals surface area contributed by atoms with Crippen LogP contribution in [0, 0.1) is 0 Å². The molecule has 2 N–H and O–H groups in total. The van der Waals surface area contributed by atoms with Gasteiger partial charge in [-0.05, 0) is 4.53 Å². The number of phosphoric acid groups is 1. The Morgan fingerprint density at radius 3 is 1.62 bits per heavy atom. The molecule has 0 aromatic heterocycles. The summed E-state index contributed by atoms with van der Waals surface area (Å²) in [6.07, 6.45) is 0. The van der Waals surface area contributed by atoms with Gasteiger partial charge in [0.15, 0.2) is 0 Å². The average Bonchev–Trinajstić information content (AvgIpc) is 1.35. The predicted molar refractivity (Wildman–Crippen MR) is 21.4 cm³/mol. The summed E-state index contributed by atoms with van der Waals surface area (Å²) < 4.78 is 21.4. The van der Waals surface area contributed by atoms with E-state index in [1.54, 1.807) is 0 Å². The van der Waals surface area contributed by atoms with Crippen LogP contribution in [0.15, 0.2) is 0 Å². The first-order valence-electron chi connectivity index (χ1n) is 0.919. The first-order valence-corrected chi connectivity index (χ1v) is 2.45. The van der Waals surface area contributed by atoms with Crippen molar-refractivity contribution in [3.8, 4) is 0 Å². The van der Waals surface area contributed by atoms with E-state index in [-0.39, 0.29) is 35.9 Å². The first kappa shape index (κ1) is 16.1. The van der Waals surface area contributed by atoms with Crippen molar-refractivity contribution in [2.75, 3.05) is 0 Å². The van der Waals surface area contributed by atoms with Crippen LogP contribution in [0.2, 0.25) is 0 Å². The molecule has 0 aromatic rings. The van der Waals surface area contributed by atoms with Crippen LogP contribution < -0.4 is 0 Å². The largest absolute Gasteiger partial charge is 0 e. The summed E-state index contributed by atoms with van der Waals surface area (Å²) in [6, 6.07) is 0. The smallest absolute Gasteiger partial charge is 0 e. The molecule has 0 saturated heterocycles. The summed E-state index contributed by atoms with van der Waals surface area (Å²) in [5.74, 6) is 0. The van der Waals surface area contributed by atoms with Gasteiger partial charge in [0.2, 0.25) is 0 Å². The summed E-state index contributed by atoms with van der Waals surface area (Å²) in [7, 11) is -4.81. The minimum absolute atomic E-state index is 0. The fourth-order valence-corrected chi connectivity index (χ4v) is 0. The maximum absolute atomic E-state index is 10.2. The van der Waals surface area contributed by atoms with Gasteiger partial charge in [-0.15, -0.1) is 0 Å². The minimum Gasteiger partial charge on any atom is 0 e. The van der Waals surface area contributed by atoms with Crippen LogP contribution in [0.1, 0.15) is 0 Å². The second-order valence-corrected chi connectivity index (χ2v) is 1.68. The van der Waals surface area contributed by atoms with Gasteiger partial charge in [-0.2, -0.15) is 0 Å². The molecule has 0 heterocycles. The molecule has 8 heavy (non-hydrogen) atoms. The maximum Gasteiger partial charge on any atom is 0 e. The molecule has 0 fully saturated rings. The summed E-state index contributed by atoms with van der Waals surface area (Å²) >= 11 is 0. The number of halogens is 1. The third-order valence-corrected chi connectivity index (χ3v) is 0.270. The van der Waals surface area contributed by atoms with Crippen molar-refractivity contribution >= 4 is 26.7 Å². The monoisotopic (exact) mass is 179 g/mol. The van der Waals surface area contributed by atoms with Crippen molar-refractivity contribution in [1.82, 2.24) is 0 Å². The Bertz CT molecular complexity index is 80.1. The molecule has 0 atom stereocenters. The number of hydrogen-bond donors (Lipinski definition) is 2. The zero-order valence-electron chi connectivity index (χ0n) is 2.91. The van der Waals surface area contributed by atoms with Crippen molar-refractivity contribution in [2.24, 2.45) is 0 Å². The van der Waals surface area contributed by atoms with E-state index in [1.165, 1.54) is 0 Å². The van der Waals surface area contributed by atoms with Gasteiger partial charge in [0.05, 0.1) is 0 Å². The van der Waals surface area contributed by atoms with Crippen molar-refractivity contribution in [3.05, 3.63) is 0 Å². The molecule has 0 aromatic carbocycles. The van der Waals surface area contributed by atoms with E-state index < -0.39 is 7.82 Å². The molecule has 0 bridgehead atoms. The van der Waals surface area contributed by atoms with E-state index in [1.807, 2.05) is 0 Å². The summed E-state index contributed by atoms with van der Waals surface area (Å²) in [4.78, 5) is 14.7. The molecule has 0 spiro atoms. The molecule has 0 rings (SSSR count). The standard InChI is InChI=1S/FH2O4P.Li.Mn.H/c1-5-6(2,3)4;;;/h(H2,2,3,4);;;. The van der Waals surface area contributed by atoms with E-state index in [0.717, 1.165) is 0 Å². The van der Waals surface area contributed by atoms with Crippen molar-refractivity contribution in [1.29, 1.82) is 0 Å². The van der Waals surface area contributed by atoms with Gasteiger partial charge in [-0.3, -0.25) is 0 Å². The zero-order chi connectivity index (χ0) is 5.21. The molecule has 8 heteroatoms. The molecular formula is H3FLiMnO4P. The molecule has 1 radical (unpaired) electrons. The minimum atomic E-state index is -4.81. The third-order valence-electron chi connectivity index (χ3n) is 0.0899. The van der Waals surface area contributed by atoms with Crippen LogP contribution in [0.4, 0.5) is 4.53 Å². The van der Waals surface area contributed by atoms with Crippen LogP contribution >= 0.6 is 7.82 Å². The summed E-state index contributed by atoms with van der Waals surface area (Å²) in [5.41, 5.74) is 0. The molecule has 0 unspecified atom stereocenters. The molecule has 0 saturated carbocycles. The predicted octanol–water partition coefficient (Wildman–Crippen LogP) is -0.671. The molecule has 47 valence electrons. The summed E-state index contributed by atoms with van der Waals surface area (Å²) in [5, 5.41) is 0. The quantitative estimate of drug-likeness (QED) is 0.413. The SMILES string of the molecule is O=P(O)(O)OF.[LiH].[Mn]. The van der Waals surface area contributed by atoms with Crippen molar-refractivity contribution in [3.63, 3.8) is 0 Å². The van der Waals surface area contributed by atoms with Gasteiger partial charge in [0.1, 0.15) is 0 Å². The van der Waals surface area contributed by atoms with Gasteiger partial charge in [0.25, 0.3) is 0 Å². The second-order valence-electron chi connectivity index (χ2n) is 0.560. The Balaban J connectivity index is -0.000000125. The van der Waals surface area contributed by atoms with Gasteiger partial charge < -0.3 is 9.79 Å². The van der Waals surface area contributed by atoms with Crippen LogP contribution in [0.5, 0.6) is 0 Å². The topological polar surface area (TPSA) is 66.8 Å². The third kappa shape index (κ3) is 15.7. The second kappa shape index (κ2) is 6.28. The fourth-order valence-electron chi connectivity index (χ4n) is 0. The number of hydrogen-bond acceptors (Lipinski definition) is 2. The van der Waals surface area contributed by atoms with Crippen LogP contribution in [0.3, 0.4) is 0 Å². The Morgan fingerprint density at radius 1 is 1.50 bits per heavy atom. The zero-order valence-corrected chi connectivity index (χ0v) is 4.99. The molecule has 0 aliphatic rings. The maximum atomic E-state index is 10.2. The Kier molecular flexibility index (Phi) is 12.6.